The van der Waals surface area contributed by atoms with Crippen molar-refractivity contribution in [3.8, 4) is 0 Å². The number of benzene rings is 3. The molecule has 3 aromatic carbocycles. The summed E-state index contributed by atoms with van der Waals surface area (Å²) in [5.41, 5.74) is 1.27. The van der Waals surface area contributed by atoms with Crippen LogP contribution in [0.1, 0.15) is 5.56 Å². The van der Waals surface area contributed by atoms with Crippen molar-refractivity contribution in [2.24, 2.45) is 0 Å². The van der Waals surface area contributed by atoms with Gasteiger partial charge in [-0.15, -0.1) is 0 Å². The molecule has 0 bridgehead atoms. The van der Waals surface area contributed by atoms with E-state index in [-0.39, 0.29) is 21.5 Å². The Morgan fingerprint density at radius 2 is 1.65 bits per heavy atom. The Kier molecular flexibility index (Phi) is 7.67. The highest BCUT2D eigenvalue weighted by atomic mass is 35.5. The van der Waals surface area contributed by atoms with E-state index >= 15 is 0 Å². The molecule has 0 atom stereocenters. The van der Waals surface area contributed by atoms with Crippen molar-refractivity contribution in [1.29, 1.82) is 0 Å². The quantitative estimate of drug-likeness (QED) is 0.492. The summed E-state index contributed by atoms with van der Waals surface area (Å²) >= 11 is 12.1. The summed E-state index contributed by atoms with van der Waals surface area (Å²) < 4.78 is 40.8. The molecule has 1 N–H and O–H groups in total. The van der Waals surface area contributed by atoms with E-state index in [1.807, 2.05) is 30.3 Å². The molecular formula is C22H19Cl2FN2O3S. The molecule has 0 unspecified atom stereocenters. The van der Waals surface area contributed by atoms with E-state index in [2.05, 4.69) is 5.32 Å². The number of carbonyl (C=O) groups is 1. The smallest absolute Gasteiger partial charge is 0.245 e. The van der Waals surface area contributed by atoms with E-state index in [9.17, 15) is 17.6 Å². The van der Waals surface area contributed by atoms with Crippen LogP contribution in [-0.4, -0.2) is 31.7 Å². The molecule has 9 heteroatoms. The second-order valence-corrected chi connectivity index (χ2v) is 9.45. The number of hydrogen-bond acceptors (Lipinski definition) is 3. The summed E-state index contributed by atoms with van der Waals surface area (Å²) in [6.45, 7) is -0.401. The third-order valence-electron chi connectivity index (χ3n) is 4.45. The number of sulfonamides is 1. The minimum atomic E-state index is -4.12. The van der Waals surface area contributed by atoms with Crippen molar-refractivity contribution in [2.45, 2.75) is 11.3 Å². The Labute approximate surface area is 190 Å². The molecule has 3 rings (SSSR count). The second-order valence-electron chi connectivity index (χ2n) is 6.70. The van der Waals surface area contributed by atoms with Crippen molar-refractivity contribution in [2.75, 3.05) is 18.4 Å². The normalized spacial score (nSPS) is 11.5. The fourth-order valence-corrected chi connectivity index (χ4v) is 5.02. The second kappa shape index (κ2) is 10.2. The molecule has 1 amide bonds. The lowest BCUT2D eigenvalue weighted by atomic mass is 10.1. The molecule has 5 nitrogen and oxygen atoms in total. The van der Waals surface area contributed by atoms with E-state index < -0.39 is 28.3 Å². The van der Waals surface area contributed by atoms with Gasteiger partial charge in [0.25, 0.3) is 0 Å². The molecule has 0 heterocycles. The lowest BCUT2D eigenvalue weighted by molar-refractivity contribution is -0.116. The minimum absolute atomic E-state index is 0.00746. The predicted octanol–water partition coefficient (Wildman–Crippen LogP) is 5.00. The van der Waals surface area contributed by atoms with Gasteiger partial charge in [0.2, 0.25) is 15.9 Å². The number of anilines is 1. The van der Waals surface area contributed by atoms with Gasteiger partial charge in [-0.2, -0.15) is 4.31 Å². The van der Waals surface area contributed by atoms with Gasteiger partial charge in [0.1, 0.15) is 10.7 Å². The van der Waals surface area contributed by atoms with Gasteiger partial charge in [0.05, 0.1) is 11.6 Å². The van der Waals surface area contributed by atoms with Crippen LogP contribution >= 0.6 is 23.2 Å². The maximum absolute atomic E-state index is 13.3. The van der Waals surface area contributed by atoms with Crippen LogP contribution in [0.15, 0.2) is 77.7 Å². The van der Waals surface area contributed by atoms with Gasteiger partial charge < -0.3 is 5.32 Å². The summed E-state index contributed by atoms with van der Waals surface area (Å²) in [4.78, 5) is 12.4. The van der Waals surface area contributed by atoms with Gasteiger partial charge in [-0.1, -0.05) is 53.5 Å². The topological polar surface area (TPSA) is 66.5 Å². The zero-order chi connectivity index (χ0) is 22.4. The van der Waals surface area contributed by atoms with E-state index in [4.69, 9.17) is 23.2 Å². The monoisotopic (exact) mass is 480 g/mol. The first-order chi connectivity index (χ1) is 14.8. The molecule has 3 aromatic rings. The van der Waals surface area contributed by atoms with Crippen LogP contribution in [0.4, 0.5) is 10.1 Å². The van der Waals surface area contributed by atoms with Crippen LogP contribution in [0.3, 0.4) is 0 Å². The third-order valence-corrected chi connectivity index (χ3v) is 7.01. The lowest BCUT2D eigenvalue weighted by Gasteiger charge is -2.22. The van der Waals surface area contributed by atoms with Crippen molar-refractivity contribution in [3.63, 3.8) is 0 Å². The van der Waals surface area contributed by atoms with Crippen LogP contribution in [0.25, 0.3) is 0 Å². The molecule has 0 aromatic heterocycles. The summed E-state index contributed by atoms with van der Waals surface area (Å²) in [6.07, 6.45) is 0.391. The highest BCUT2D eigenvalue weighted by molar-refractivity contribution is 7.89. The van der Waals surface area contributed by atoms with Crippen LogP contribution in [0.2, 0.25) is 10.0 Å². The zero-order valence-electron chi connectivity index (χ0n) is 16.3. The van der Waals surface area contributed by atoms with Crippen molar-refractivity contribution < 1.29 is 17.6 Å². The number of rotatable bonds is 8. The number of amides is 1. The first kappa shape index (κ1) is 23.2. The highest BCUT2D eigenvalue weighted by Gasteiger charge is 2.29. The summed E-state index contributed by atoms with van der Waals surface area (Å²) in [5, 5.41) is 2.79. The Hall–Kier alpha value is -2.45. The van der Waals surface area contributed by atoms with E-state index in [1.165, 1.54) is 42.5 Å². The Balaban J connectivity index is 1.85. The Bertz CT molecular complexity index is 1160. The average Bonchev–Trinajstić information content (AvgIpc) is 2.75. The summed E-state index contributed by atoms with van der Waals surface area (Å²) in [5.74, 6) is -1.01. The molecule has 0 aliphatic heterocycles. The van der Waals surface area contributed by atoms with Crippen LogP contribution in [0, 0.1) is 5.82 Å². The molecule has 31 heavy (non-hydrogen) atoms. The van der Waals surface area contributed by atoms with Crippen molar-refractivity contribution >= 4 is 44.8 Å². The highest BCUT2D eigenvalue weighted by Crippen LogP contribution is 2.28. The van der Waals surface area contributed by atoms with E-state index in [1.54, 1.807) is 0 Å². The molecule has 0 radical (unpaired) electrons. The van der Waals surface area contributed by atoms with Gasteiger partial charge in [-0.3, -0.25) is 4.79 Å². The molecule has 0 aliphatic carbocycles. The van der Waals surface area contributed by atoms with Crippen LogP contribution in [-0.2, 0) is 21.2 Å². The molecular weight excluding hydrogens is 462 g/mol. The average molecular weight is 481 g/mol. The zero-order valence-corrected chi connectivity index (χ0v) is 18.6. The molecule has 0 fully saturated rings. The fraction of sp³-hybridized carbons (Fsp3) is 0.136. The van der Waals surface area contributed by atoms with Crippen LogP contribution < -0.4 is 5.32 Å². The molecule has 162 valence electrons. The van der Waals surface area contributed by atoms with Gasteiger partial charge >= 0.3 is 0 Å². The first-order valence-corrected chi connectivity index (χ1v) is 11.5. The maximum Gasteiger partial charge on any atom is 0.245 e. The minimum Gasteiger partial charge on any atom is -0.325 e. The van der Waals surface area contributed by atoms with Crippen molar-refractivity contribution in [3.05, 3.63) is 94.2 Å². The van der Waals surface area contributed by atoms with E-state index in [0.717, 1.165) is 9.87 Å². The lowest BCUT2D eigenvalue weighted by Crippen LogP contribution is -2.39. The Morgan fingerprint density at radius 1 is 0.968 bits per heavy atom. The fourth-order valence-electron chi connectivity index (χ4n) is 2.89. The Morgan fingerprint density at radius 3 is 2.32 bits per heavy atom. The van der Waals surface area contributed by atoms with Crippen molar-refractivity contribution in [1.82, 2.24) is 4.31 Å². The molecule has 0 saturated carbocycles. The predicted molar refractivity (Wildman–Crippen MR) is 120 cm³/mol. The first-order valence-electron chi connectivity index (χ1n) is 9.30. The van der Waals surface area contributed by atoms with Gasteiger partial charge in [-0.05, 0) is 54.4 Å². The number of halogens is 3. The molecule has 0 saturated heterocycles. The molecule has 0 spiro atoms. The van der Waals surface area contributed by atoms with Gasteiger partial charge in [0.15, 0.2) is 0 Å². The largest absolute Gasteiger partial charge is 0.325 e. The summed E-state index contributed by atoms with van der Waals surface area (Å²) in [6, 6.07) is 18.6. The van der Waals surface area contributed by atoms with E-state index in [0.29, 0.717) is 12.1 Å². The summed E-state index contributed by atoms with van der Waals surface area (Å²) in [7, 11) is -4.12. The standard InChI is InChI=1S/C22H19Cl2FN2O3S/c23-17-6-11-20(24)21(14-17)31(29,30)27(13-12-16-4-2-1-3-5-16)15-22(28)26-19-9-7-18(25)8-10-19/h1-11,14H,12-13,15H2,(H,26,28). The van der Waals surface area contributed by atoms with Gasteiger partial charge in [-0.25, -0.2) is 12.8 Å². The van der Waals surface area contributed by atoms with Gasteiger partial charge in [0, 0.05) is 17.3 Å². The number of hydrogen-bond donors (Lipinski definition) is 1. The number of nitrogens with one attached hydrogen (secondary N) is 1. The van der Waals surface area contributed by atoms with Crippen LogP contribution in [0.5, 0.6) is 0 Å². The third kappa shape index (κ3) is 6.27. The number of nitrogens with zero attached hydrogens (tertiary/aromatic N) is 1. The number of carbonyl (C=O) groups excluding carboxylic acids is 1. The molecule has 0 aliphatic rings. The SMILES string of the molecule is O=C(CN(CCc1ccccc1)S(=O)(=O)c1cc(Cl)ccc1Cl)Nc1ccc(F)cc1. The maximum atomic E-state index is 13.3.